The molecule has 0 saturated carbocycles. The van der Waals surface area contributed by atoms with Crippen molar-refractivity contribution in [3.63, 3.8) is 0 Å². The molecule has 0 aliphatic rings. The molecule has 4 N–H and O–H groups in total. The first-order valence-corrected chi connectivity index (χ1v) is 8.17. The molecule has 3 rings (SSSR count). The van der Waals surface area contributed by atoms with Crippen LogP contribution < -0.4 is 11.1 Å². The van der Waals surface area contributed by atoms with Crippen LogP contribution >= 0.6 is 0 Å². The summed E-state index contributed by atoms with van der Waals surface area (Å²) in [5.74, 6) is -2.71. The summed E-state index contributed by atoms with van der Waals surface area (Å²) in [6.07, 6.45) is 0. The van der Waals surface area contributed by atoms with E-state index in [0.717, 1.165) is 28.8 Å². The molecular weight excluding hydrogens is 348 g/mol. The highest BCUT2D eigenvalue weighted by Crippen LogP contribution is 2.26. The number of nitrogens with one attached hydrogen (secondary N) is 2. The van der Waals surface area contributed by atoms with E-state index >= 15 is 0 Å². The number of amides is 1. The number of benzene rings is 3. The molecule has 0 radical (unpaired) electrons. The van der Waals surface area contributed by atoms with Crippen molar-refractivity contribution in [3.8, 4) is 11.1 Å². The Hall–Kier alpha value is -3.54. The van der Waals surface area contributed by atoms with Gasteiger partial charge in [-0.1, -0.05) is 30.3 Å². The molecule has 3 aromatic carbocycles. The van der Waals surface area contributed by atoms with Crippen LogP contribution in [0, 0.1) is 24.0 Å². The zero-order valence-electron chi connectivity index (χ0n) is 14.5. The Morgan fingerprint density at radius 3 is 2.22 bits per heavy atom. The Kier molecular flexibility index (Phi) is 4.98. The summed E-state index contributed by atoms with van der Waals surface area (Å²) in [7, 11) is 0. The molecule has 0 spiro atoms. The van der Waals surface area contributed by atoms with E-state index in [9.17, 15) is 13.6 Å². The number of nitrogen functional groups attached to an aromatic ring is 1. The van der Waals surface area contributed by atoms with E-state index < -0.39 is 23.1 Å². The van der Waals surface area contributed by atoms with Gasteiger partial charge in [-0.15, -0.1) is 0 Å². The molecule has 6 heteroatoms. The van der Waals surface area contributed by atoms with Crippen LogP contribution in [0.25, 0.3) is 11.1 Å². The molecule has 0 fully saturated rings. The lowest BCUT2D eigenvalue weighted by molar-refractivity contribution is 0.101. The van der Waals surface area contributed by atoms with Gasteiger partial charge in [0.1, 0.15) is 23.0 Å². The van der Waals surface area contributed by atoms with Gasteiger partial charge in [0, 0.05) is 11.3 Å². The molecule has 0 heterocycles. The monoisotopic (exact) mass is 365 g/mol. The highest BCUT2D eigenvalue weighted by molar-refractivity contribution is 6.04. The second-order valence-electron chi connectivity index (χ2n) is 6.07. The van der Waals surface area contributed by atoms with Gasteiger partial charge >= 0.3 is 0 Å². The summed E-state index contributed by atoms with van der Waals surface area (Å²) >= 11 is 0. The summed E-state index contributed by atoms with van der Waals surface area (Å²) in [4.78, 5) is 12.2. The molecule has 4 nitrogen and oxygen atoms in total. The van der Waals surface area contributed by atoms with E-state index in [-0.39, 0.29) is 5.84 Å². The fraction of sp³-hybridized carbons (Fsp3) is 0.0476. The van der Waals surface area contributed by atoms with Gasteiger partial charge in [-0.25, -0.2) is 8.78 Å². The van der Waals surface area contributed by atoms with Gasteiger partial charge < -0.3 is 11.1 Å². The standard InChI is InChI=1S/C21H17F2N3O/c1-12-5-6-14(20(24)25)11-16(12)13-7-9-15(10-8-13)26-21(27)19-17(22)3-2-4-18(19)23/h2-11H,1H3,(H3,24,25)(H,26,27). The molecular formula is C21H17F2N3O. The molecule has 0 aliphatic heterocycles. The van der Waals surface area contributed by atoms with Crippen molar-refractivity contribution in [1.82, 2.24) is 0 Å². The maximum atomic E-state index is 13.7. The number of carbonyl (C=O) groups excluding carboxylic acids is 1. The fourth-order valence-corrected chi connectivity index (χ4v) is 2.74. The smallest absolute Gasteiger partial charge is 0.261 e. The summed E-state index contributed by atoms with van der Waals surface area (Å²) < 4.78 is 27.4. The van der Waals surface area contributed by atoms with Gasteiger partial charge in [-0.3, -0.25) is 10.2 Å². The van der Waals surface area contributed by atoms with Crippen molar-refractivity contribution in [1.29, 1.82) is 5.41 Å². The molecule has 0 saturated heterocycles. The Morgan fingerprint density at radius 1 is 1.00 bits per heavy atom. The minimum atomic E-state index is -0.916. The number of halogens is 2. The summed E-state index contributed by atoms with van der Waals surface area (Å²) in [6.45, 7) is 1.94. The molecule has 0 bridgehead atoms. The van der Waals surface area contributed by atoms with E-state index in [2.05, 4.69) is 5.32 Å². The summed E-state index contributed by atoms with van der Waals surface area (Å²) in [5.41, 5.74) is 8.72. The second-order valence-corrected chi connectivity index (χ2v) is 6.07. The van der Waals surface area contributed by atoms with Gasteiger partial charge in [0.2, 0.25) is 0 Å². The van der Waals surface area contributed by atoms with E-state index in [1.54, 1.807) is 30.3 Å². The SMILES string of the molecule is Cc1ccc(C(=N)N)cc1-c1ccc(NC(=O)c2c(F)cccc2F)cc1. The third kappa shape index (κ3) is 3.84. The third-order valence-electron chi connectivity index (χ3n) is 4.19. The predicted octanol–water partition coefficient (Wildman–Crippen LogP) is 4.48. The van der Waals surface area contributed by atoms with Crippen LogP contribution in [0.4, 0.5) is 14.5 Å². The first kappa shape index (κ1) is 18.3. The number of hydrogen-bond acceptors (Lipinski definition) is 2. The fourth-order valence-electron chi connectivity index (χ4n) is 2.74. The van der Waals surface area contributed by atoms with E-state index in [1.165, 1.54) is 6.07 Å². The van der Waals surface area contributed by atoms with Crippen molar-refractivity contribution < 1.29 is 13.6 Å². The third-order valence-corrected chi connectivity index (χ3v) is 4.19. The van der Waals surface area contributed by atoms with Crippen LogP contribution in [-0.2, 0) is 0 Å². The second kappa shape index (κ2) is 7.37. The van der Waals surface area contributed by atoms with Crippen molar-refractivity contribution in [2.24, 2.45) is 5.73 Å². The zero-order valence-corrected chi connectivity index (χ0v) is 14.5. The van der Waals surface area contributed by atoms with Crippen molar-refractivity contribution in [2.45, 2.75) is 6.92 Å². The molecule has 136 valence electrons. The Labute approximate surface area is 155 Å². The van der Waals surface area contributed by atoms with Crippen LogP contribution in [0.3, 0.4) is 0 Å². The number of aryl methyl sites for hydroxylation is 1. The van der Waals surface area contributed by atoms with Crippen LogP contribution in [0.2, 0.25) is 0 Å². The minimum Gasteiger partial charge on any atom is -0.384 e. The maximum absolute atomic E-state index is 13.7. The molecule has 3 aromatic rings. The molecule has 0 atom stereocenters. The van der Waals surface area contributed by atoms with Gasteiger partial charge in [-0.2, -0.15) is 0 Å². The van der Waals surface area contributed by atoms with Crippen LogP contribution in [0.1, 0.15) is 21.5 Å². The Balaban J connectivity index is 1.85. The number of anilines is 1. The Morgan fingerprint density at radius 2 is 1.63 bits per heavy atom. The van der Waals surface area contributed by atoms with Crippen LogP contribution in [0.15, 0.2) is 60.7 Å². The molecule has 0 unspecified atom stereocenters. The topological polar surface area (TPSA) is 79.0 Å². The maximum Gasteiger partial charge on any atom is 0.261 e. The van der Waals surface area contributed by atoms with Gasteiger partial charge in [0.25, 0.3) is 5.91 Å². The number of nitrogens with two attached hydrogens (primary N) is 1. The quantitative estimate of drug-likeness (QED) is 0.471. The van der Waals surface area contributed by atoms with Crippen molar-refractivity contribution in [3.05, 3.63) is 89.0 Å². The first-order chi connectivity index (χ1) is 12.9. The highest BCUT2D eigenvalue weighted by Gasteiger charge is 2.17. The molecule has 1 amide bonds. The first-order valence-electron chi connectivity index (χ1n) is 8.17. The average Bonchev–Trinajstić information content (AvgIpc) is 2.62. The highest BCUT2D eigenvalue weighted by atomic mass is 19.1. The van der Waals surface area contributed by atoms with Gasteiger partial charge in [-0.05, 0) is 53.9 Å². The van der Waals surface area contributed by atoms with Crippen LogP contribution in [-0.4, -0.2) is 11.7 Å². The lowest BCUT2D eigenvalue weighted by Gasteiger charge is -2.11. The summed E-state index contributed by atoms with van der Waals surface area (Å²) in [6, 6.07) is 15.6. The molecule has 0 aromatic heterocycles. The largest absolute Gasteiger partial charge is 0.384 e. The van der Waals surface area contributed by atoms with Crippen molar-refractivity contribution in [2.75, 3.05) is 5.32 Å². The van der Waals surface area contributed by atoms with Gasteiger partial charge in [0.05, 0.1) is 0 Å². The van der Waals surface area contributed by atoms with Gasteiger partial charge in [0.15, 0.2) is 0 Å². The minimum absolute atomic E-state index is 0.0213. The number of rotatable bonds is 4. The average molecular weight is 365 g/mol. The van der Waals surface area contributed by atoms with E-state index in [4.69, 9.17) is 11.1 Å². The van der Waals surface area contributed by atoms with E-state index in [1.807, 2.05) is 19.1 Å². The number of carbonyl (C=O) groups is 1. The lowest BCUT2D eigenvalue weighted by atomic mass is 9.97. The van der Waals surface area contributed by atoms with E-state index in [0.29, 0.717) is 11.3 Å². The summed E-state index contributed by atoms with van der Waals surface area (Å²) in [5, 5.41) is 10.1. The predicted molar refractivity (Wildman–Crippen MR) is 102 cm³/mol. The number of hydrogen-bond donors (Lipinski definition) is 3. The molecule has 27 heavy (non-hydrogen) atoms. The number of amidine groups is 1. The molecule has 0 aliphatic carbocycles. The lowest BCUT2D eigenvalue weighted by Crippen LogP contribution is -2.15. The Bertz CT molecular complexity index is 1010. The van der Waals surface area contributed by atoms with Crippen molar-refractivity contribution >= 4 is 17.4 Å². The van der Waals surface area contributed by atoms with Crippen LogP contribution in [0.5, 0.6) is 0 Å². The normalized spacial score (nSPS) is 10.5. The zero-order chi connectivity index (χ0) is 19.6.